The number of carbonyl (C=O) groups is 1. The highest BCUT2D eigenvalue weighted by Crippen LogP contribution is 2.32. The molecule has 0 amide bonds. The quantitative estimate of drug-likeness (QED) is 0.706. The van der Waals surface area contributed by atoms with Gasteiger partial charge >= 0.3 is 6.18 Å². The molecule has 0 saturated carbocycles. The Morgan fingerprint density at radius 3 is 2.64 bits per heavy atom. The van der Waals surface area contributed by atoms with Gasteiger partial charge in [-0.15, -0.1) is 0 Å². The van der Waals surface area contributed by atoms with E-state index in [4.69, 9.17) is 4.74 Å². The van der Waals surface area contributed by atoms with Crippen LogP contribution in [0.5, 0.6) is 5.75 Å². The van der Waals surface area contributed by atoms with Crippen LogP contribution in [-0.2, 0) is 11.0 Å². The van der Waals surface area contributed by atoms with Crippen molar-refractivity contribution in [3.05, 3.63) is 53.7 Å². The molecule has 1 fully saturated rings. The number of pyridine rings is 1. The third-order valence-corrected chi connectivity index (χ3v) is 4.89. The lowest BCUT2D eigenvalue weighted by atomic mass is 9.96. The number of aromatic nitrogens is 1. The molecule has 2 heterocycles. The van der Waals surface area contributed by atoms with Gasteiger partial charge in [-0.05, 0) is 42.7 Å². The molecule has 1 aromatic heterocycles. The summed E-state index contributed by atoms with van der Waals surface area (Å²) >= 11 is 0. The van der Waals surface area contributed by atoms with Gasteiger partial charge in [-0.3, -0.25) is 0 Å². The van der Waals surface area contributed by atoms with E-state index in [-0.39, 0.29) is 17.8 Å². The number of rotatable bonds is 6. The van der Waals surface area contributed by atoms with E-state index in [0.29, 0.717) is 37.5 Å². The zero-order chi connectivity index (χ0) is 20.3. The summed E-state index contributed by atoms with van der Waals surface area (Å²) in [6, 6.07) is 9.69. The van der Waals surface area contributed by atoms with Crippen LogP contribution in [0.15, 0.2) is 42.6 Å². The number of ether oxygens (including phenoxy) is 1. The van der Waals surface area contributed by atoms with Gasteiger partial charge in [0.15, 0.2) is 0 Å². The van der Waals surface area contributed by atoms with Crippen LogP contribution in [0.25, 0.3) is 0 Å². The predicted octanol–water partition coefficient (Wildman–Crippen LogP) is 4.84. The van der Waals surface area contributed by atoms with Crippen LogP contribution in [0.2, 0.25) is 0 Å². The summed E-state index contributed by atoms with van der Waals surface area (Å²) in [5.41, 5.74) is 0.376. The molecule has 1 aliphatic heterocycles. The molecule has 1 saturated heterocycles. The summed E-state index contributed by atoms with van der Waals surface area (Å²) in [4.78, 5) is 17.1. The first-order valence-corrected chi connectivity index (χ1v) is 9.26. The highest BCUT2D eigenvalue weighted by molar-refractivity contribution is 5.76. The Kier molecular flexibility index (Phi) is 5.91. The number of carbonyl (C=O) groups excluding carboxylic acids is 1. The van der Waals surface area contributed by atoms with Crippen molar-refractivity contribution < 1.29 is 22.7 Å². The molecule has 0 radical (unpaired) electrons. The minimum Gasteiger partial charge on any atom is -0.489 e. The van der Waals surface area contributed by atoms with E-state index in [1.165, 1.54) is 6.20 Å². The second kappa shape index (κ2) is 8.20. The summed E-state index contributed by atoms with van der Waals surface area (Å²) in [6.45, 7) is 4.66. The number of hydrogen-bond acceptors (Lipinski definition) is 4. The van der Waals surface area contributed by atoms with E-state index < -0.39 is 11.7 Å². The molecule has 0 spiro atoms. The molecule has 7 heteroatoms. The number of anilines is 1. The molecule has 1 aliphatic rings. The first-order valence-electron chi connectivity index (χ1n) is 9.26. The zero-order valence-corrected chi connectivity index (χ0v) is 15.9. The number of alkyl halides is 3. The molecular weight excluding hydrogens is 369 g/mol. The molecule has 0 unspecified atom stereocenters. The van der Waals surface area contributed by atoms with Crippen molar-refractivity contribution in [2.45, 2.75) is 44.9 Å². The molecule has 0 aliphatic carbocycles. The van der Waals surface area contributed by atoms with Crippen LogP contribution in [0.3, 0.4) is 0 Å². The van der Waals surface area contributed by atoms with Crippen LogP contribution >= 0.6 is 0 Å². The maximum absolute atomic E-state index is 12.9. The first kappa shape index (κ1) is 20.2. The second-order valence-electron chi connectivity index (χ2n) is 7.25. The predicted molar refractivity (Wildman–Crippen MR) is 101 cm³/mol. The van der Waals surface area contributed by atoms with E-state index >= 15 is 0 Å². The molecular formula is C21H23F3N2O2. The monoisotopic (exact) mass is 392 g/mol. The van der Waals surface area contributed by atoms with Crippen molar-refractivity contribution >= 4 is 11.6 Å². The van der Waals surface area contributed by atoms with Gasteiger partial charge in [0.1, 0.15) is 23.5 Å². The molecule has 3 rings (SSSR count). The largest absolute Gasteiger partial charge is 0.489 e. The lowest BCUT2D eigenvalue weighted by Gasteiger charge is -2.19. The molecule has 28 heavy (non-hydrogen) atoms. The Balaban J connectivity index is 1.60. The van der Waals surface area contributed by atoms with Gasteiger partial charge in [-0.1, -0.05) is 19.1 Å². The maximum Gasteiger partial charge on any atom is 0.416 e. The standard InChI is InChI=1S/C21H23F3N2O2/c1-14(11-15(2)27)16-3-5-18(6-4-16)28-19-8-10-26(13-19)20-12-17(7-9-25-20)21(22,23)24/h3-7,9,12,14,19H,8,10-11,13H2,1-2H3/t14-,19-/m1/s1. The van der Waals surface area contributed by atoms with Crippen molar-refractivity contribution in [1.29, 1.82) is 0 Å². The Labute approximate surface area is 162 Å². The van der Waals surface area contributed by atoms with E-state index in [1.54, 1.807) is 6.92 Å². The Morgan fingerprint density at radius 2 is 2.00 bits per heavy atom. The van der Waals surface area contributed by atoms with Crippen LogP contribution in [-0.4, -0.2) is 30.0 Å². The Morgan fingerprint density at radius 1 is 1.29 bits per heavy atom. The summed E-state index contributed by atoms with van der Waals surface area (Å²) in [5, 5.41) is 0. The topological polar surface area (TPSA) is 42.4 Å². The van der Waals surface area contributed by atoms with E-state index in [0.717, 1.165) is 17.7 Å². The SMILES string of the molecule is CC(=O)C[C@@H](C)c1ccc(O[C@@H]2CCN(c3cc(C(F)(F)F)ccn3)C2)cc1. The average Bonchev–Trinajstić information content (AvgIpc) is 3.10. The molecule has 2 aromatic rings. The summed E-state index contributed by atoms with van der Waals surface area (Å²) in [5.74, 6) is 1.33. The van der Waals surface area contributed by atoms with Crippen molar-refractivity contribution in [3.8, 4) is 5.75 Å². The molecule has 150 valence electrons. The number of nitrogens with zero attached hydrogens (tertiary/aromatic N) is 2. The maximum atomic E-state index is 12.9. The van der Waals surface area contributed by atoms with Gasteiger partial charge in [0.2, 0.25) is 0 Å². The van der Waals surface area contributed by atoms with Crippen molar-refractivity contribution in [2.75, 3.05) is 18.0 Å². The summed E-state index contributed by atoms with van der Waals surface area (Å²) in [7, 11) is 0. The third-order valence-electron chi connectivity index (χ3n) is 4.89. The minimum absolute atomic E-state index is 0.114. The average molecular weight is 392 g/mol. The van der Waals surface area contributed by atoms with Gasteiger partial charge in [0, 0.05) is 25.6 Å². The van der Waals surface area contributed by atoms with Gasteiger partial charge < -0.3 is 14.4 Å². The Hall–Kier alpha value is -2.57. The fraction of sp³-hybridized carbons (Fsp3) is 0.429. The van der Waals surface area contributed by atoms with Gasteiger partial charge in [0.25, 0.3) is 0 Å². The highest BCUT2D eigenvalue weighted by Gasteiger charge is 2.32. The third kappa shape index (κ3) is 5.03. The summed E-state index contributed by atoms with van der Waals surface area (Å²) in [6.07, 6.45) is -2.10. The Bertz CT molecular complexity index is 821. The second-order valence-corrected chi connectivity index (χ2v) is 7.25. The van der Waals surface area contributed by atoms with Crippen molar-refractivity contribution in [1.82, 2.24) is 4.98 Å². The number of hydrogen-bond donors (Lipinski definition) is 0. The first-order chi connectivity index (χ1) is 13.2. The van der Waals surface area contributed by atoms with Crippen LogP contribution in [0.1, 0.15) is 43.7 Å². The molecule has 0 bridgehead atoms. The molecule has 1 aromatic carbocycles. The van der Waals surface area contributed by atoms with E-state index in [2.05, 4.69) is 4.98 Å². The fourth-order valence-electron chi connectivity index (χ4n) is 3.42. The zero-order valence-electron chi connectivity index (χ0n) is 15.9. The molecule has 2 atom stereocenters. The van der Waals surface area contributed by atoms with Crippen LogP contribution in [0.4, 0.5) is 19.0 Å². The molecule has 0 N–H and O–H groups in total. The number of halogens is 3. The molecule has 4 nitrogen and oxygen atoms in total. The van der Waals surface area contributed by atoms with Crippen molar-refractivity contribution in [3.63, 3.8) is 0 Å². The van der Waals surface area contributed by atoms with Crippen LogP contribution in [0, 0.1) is 0 Å². The lowest BCUT2D eigenvalue weighted by Crippen LogP contribution is -2.25. The van der Waals surface area contributed by atoms with Gasteiger partial charge in [-0.2, -0.15) is 13.2 Å². The van der Waals surface area contributed by atoms with Crippen LogP contribution < -0.4 is 9.64 Å². The van der Waals surface area contributed by atoms with E-state index in [1.807, 2.05) is 36.1 Å². The summed E-state index contributed by atoms with van der Waals surface area (Å²) < 4.78 is 44.6. The minimum atomic E-state index is -4.38. The lowest BCUT2D eigenvalue weighted by molar-refractivity contribution is -0.137. The fourth-order valence-corrected chi connectivity index (χ4v) is 3.42. The van der Waals surface area contributed by atoms with E-state index in [9.17, 15) is 18.0 Å². The van der Waals surface area contributed by atoms with Crippen molar-refractivity contribution in [2.24, 2.45) is 0 Å². The number of Topliss-reactive ketones (excluding diaryl/α,β-unsaturated/α-hetero) is 1. The highest BCUT2D eigenvalue weighted by atomic mass is 19.4. The smallest absolute Gasteiger partial charge is 0.416 e. The van der Waals surface area contributed by atoms with Gasteiger partial charge in [0.05, 0.1) is 12.1 Å². The number of ketones is 1. The van der Waals surface area contributed by atoms with Gasteiger partial charge in [-0.25, -0.2) is 4.98 Å². The normalized spacial score (nSPS) is 18.2. The number of benzene rings is 1.